The van der Waals surface area contributed by atoms with Gasteiger partial charge in [-0.15, -0.1) is 0 Å². The molecule has 21 heavy (non-hydrogen) atoms. The molecule has 1 N–H and O–H groups in total. The lowest BCUT2D eigenvalue weighted by Crippen LogP contribution is -2.13. The average molecular weight is 364 g/mol. The zero-order valence-corrected chi connectivity index (χ0v) is 13.6. The van der Waals surface area contributed by atoms with E-state index in [1.807, 2.05) is 43.3 Å². The Balaban J connectivity index is 2.07. The summed E-state index contributed by atoms with van der Waals surface area (Å²) >= 11 is 9.52. The van der Waals surface area contributed by atoms with Gasteiger partial charge in [-0.2, -0.15) is 0 Å². The first-order valence-corrected chi connectivity index (χ1v) is 7.56. The SMILES string of the molecule is Cc1ccc(-n2cc(-c3ccc(Br)cc3)[nH]c2=O)cc1Cl. The van der Waals surface area contributed by atoms with Gasteiger partial charge in [-0.25, -0.2) is 4.79 Å². The van der Waals surface area contributed by atoms with Crippen molar-refractivity contribution in [2.24, 2.45) is 0 Å². The average Bonchev–Trinajstić information content (AvgIpc) is 2.85. The normalized spacial score (nSPS) is 10.8. The van der Waals surface area contributed by atoms with E-state index in [1.54, 1.807) is 16.8 Å². The Bertz CT molecular complexity index is 849. The molecule has 3 rings (SSSR count). The number of halogens is 2. The van der Waals surface area contributed by atoms with E-state index in [4.69, 9.17) is 11.6 Å². The Kier molecular flexibility index (Phi) is 3.74. The van der Waals surface area contributed by atoms with Crippen LogP contribution in [0.3, 0.4) is 0 Å². The second-order valence-corrected chi connectivity index (χ2v) is 6.11. The number of rotatable bonds is 2. The maximum absolute atomic E-state index is 12.1. The first-order chi connectivity index (χ1) is 10.0. The van der Waals surface area contributed by atoms with Crippen LogP contribution in [-0.2, 0) is 0 Å². The van der Waals surface area contributed by atoms with Crippen LogP contribution >= 0.6 is 27.5 Å². The summed E-state index contributed by atoms with van der Waals surface area (Å²) in [7, 11) is 0. The Morgan fingerprint density at radius 1 is 1.14 bits per heavy atom. The Morgan fingerprint density at radius 2 is 1.86 bits per heavy atom. The second-order valence-electron chi connectivity index (χ2n) is 4.78. The van der Waals surface area contributed by atoms with Crippen molar-refractivity contribution in [1.29, 1.82) is 0 Å². The lowest BCUT2D eigenvalue weighted by atomic mass is 10.2. The van der Waals surface area contributed by atoms with Gasteiger partial charge in [-0.1, -0.05) is 45.7 Å². The first-order valence-electron chi connectivity index (χ1n) is 6.39. The summed E-state index contributed by atoms with van der Waals surface area (Å²) in [5.74, 6) is 0. The van der Waals surface area contributed by atoms with Gasteiger partial charge in [0, 0.05) is 15.7 Å². The molecule has 0 radical (unpaired) electrons. The standard InChI is InChI=1S/C16H12BrClN2O/c1-10-2-7-13(8-14(10)18)20-9-15(19-16(20)21)11-3-5-12(17)6-4-11/h2-9H,1H3,(H,19,21). The van der Waals surface area contributed by atoms with E-state index in [0.717, 1.165) is 27.0 Å². The Labute approximate surface area is 135 Å². The molecule has 0 aliphatic heterocycles. The van der Waals surface area contributed by atoms with Crippen molar-refractivity contribution >= 4 is 27.5 Å². The van der Waals surface area contributed by atoms with Crippen LogP contribution in [0.2, 0.25) is 5.02 Å². The maximum Gasteiger partial charge on any atom is 0.330 e. The molecule has 0 amide bonds. The quantitative estimate of drug-likeness (QED) is 0.712. The molecule has 3 aromatic rings. The lowest BCUT2D eigenvalue weighted by Gasteiger charge is -2.03. The molecule has 0 unspecified atom stereocenters. The van der Waals surface area contributed by atoms with Gasteiger partial charge in [0.15, 0.2) is 0 Å². The molecule has 0 spiro atoms. The van der Waals surface area contributed by atoms with Crippen molar-refractivity contribution in [2.45, 2.75) is 6.92 Å². The number of hydrogen-bond acceptors (Lipinski definition) is 1. The first kappa shape index (κ1) is 14.2. The zero-order valence-electron chi connectivity index (χ0n) is 11.2. The molecule has 5 heteroatoms. The Morgan fingerprint density at radius 3 is 2.52 bits per heavy atom. The summed E-state index contributed by atoms with van der Waals surface area (Å²) in [6.45, 7) is 1.93. The molecule has 0 aliphatic rings. The third kappa shape index (κ3) is 2.82. The van der Waals surface area contributed by atoms with E-state index < -0.39 is 0 Å². The molecule has 0 bridgehead atoms. The third-order valence-corrected chi connectivity index (χ3v) is 4.24. The van der Waals surface area contributed by atoms with Gasteiger partial charge in [-0.3, -0.25) is 4.57 Å². The fourth-order valence-electron chi connectivity index (χ4n) is 2.09. The molecule has 106 valence electrons. The van der Waals surface area contributed by atoms with Crippen LogP contribution in [0.4, 0.5) is 0 Å². The second kappa shape index (κ2) is 5.54. The minimum Gasteiger partial charge on any atom is -0.305 e. The van der Waals surface area contributed by atoms with Crippen molar-refractivity contribution in [3.63, 3.8) is 0 Å². The van der Waals surface area contributed by atoms with Gasteiger partial charge in [-0.05, 0) is 42.3 Å². The summed E-state index contributed by atoms with van der Waals surface area (Å²) in [5, 5.41) is 0.644. The topological polar surface area (TPSA) is 37.8 Å². The maximum atomic E-state index is 12.1. The molecule has 0 saturated carbocycles. The van der Waals surface area contributed by atoms with Crippen LogP contribution < -0.4 is 5.69 Å². The van der Waals surface area contributed by atoms with Crippen LogP contribution in [0.15, 0.2) is 57.9 Å². The fourth-order valence-corrected chi connectivity index (χ4v) is 2.53. The van der Waals surface area contributed by atoms with Crippen LogP contribution in [-0.4, -0.2) is 9.55 Å². The minimum absolute atomic E-state index is 0.187. The third-order valence-electron chi connectivity index (χ3n) is 3.31. The summed E-state index contributed by atoms with van der Waals surface area (Å²) in [6, 6.07) is 13.3. The van der Waals surface area contributed by atoms with Crippen LogP contribution in [0.25, 0.3) is 16.9 Å². The number of nitrogens with zero attached hydrogens (tertiary/aromatic N) is 1. The molecular weight excluding hydrogens is 352 g/mol. The van der Waals surface area contributed by atoms with Gasteiger partial charge >= 0.3 is 5.69 Å². The number of aromatic nitrogens is 2. The number of nitrogens with one attached hydrogen (secondary N) is 1. The fraction of sp³-hybridized carbons (Fsp3) is 0.0625. The summed E-state index contributed by atoms with van der Waals surface area (Å²) < 4.78 is 2.56. The van der Waals surface area contributed by atoms with Crippen molar-refractivity contribution in [1.82, 2.24) is 9.55 Å². The molecular formula is C16H12BrClN2O. The number of benzene rings is 2. The van der Waals surface area contributed by atoms with E-state index in [1.165, 1.54) is 0 Å². The number of H-pyrrole nitrogens is 1. The molecule has 1 heterocycles. The molecule has 0 atom stereocenters. The predicted molar refractivity (Wildman–Crippen MR) is 89.3 cm³/mol. The molecule has 0 fully saturated rings. The Hall–Kier alpha value is -1.78. The van der Waals surface area contributed by atoms with Crippen LogP contribution in [0.1, 0.15) is 5.56 Å². The highest BCUT2D eigenvalue weighted by atomic mass is 79.9. The van der Waals surface area contributed by atoms with Crippen molar-refractivity contribution in [3.05, 3.63) is 74.2 Å². The molecule has 2 aromatic carbocycles. The molecule has 3 nitrogen and oxygen atoms in total. The van der Waals surface area contributed by atoms with Crippen molar-refractivity contribution < 1.29 is 0 Å². The number of aromatic amines is 1. The number of imidazole rings is 1. The van der Waals surface area contributed by atoms with E-state index >= 15 is 0 Å². The van der Waals surface area contributed by atoms with E-state index in [9.17, 15) is 4.79 Å². The van der Waals surface area contributed by atoms with Crippen molar-refractivity contribution in [3.8, 4) is 16.9 Å². The highest BCUT2D eigenvalue weighted by molar-refractivity contribution is 9.10. The lowest BCUT2D eigenvalue weighted by molar-refractivity contribution is 0.986. The summed E-state index contributed by atoms with van der Waals surface area (Å²) in [6.07, 6.45) is 1.78. The van der Waals surface area contributed by atoms with E-state index in [-0.39, 0.29) is 5.69 Å². The van der Waals surface area contributed by atoms with Gasteiger partial charge in [0.25, 0.3) is 0 Å². The van der Waals surface area contributed by atoms with Gasteiger partial charge < -0.3 is 4.98 Å². The molecule has 1 aromatic heterocycles. The van der Waals surface area contributed by atoms with Gasteiger partial charge in [0.1, 0.15) is 0 Å². The van der Waals surface area contributed by atoms with E-state index in [2.05, 4.69) is 20.9 Å². The highest BCUT2D eigenvalue weighted by Gasteiger charge is 2.08. The predicted octanol–water partition coefficient (Wildman–Crippen LogP) is 4.56. The summed E-state index contributed by atoms with van der Waals surface area (Å²) in [5.41, 5.74) is 3.26. The summed E-state index contributed by atoms with van der Waals surface area (Å²) in [4.78, 5) is 15.0. The number of hydrogen-bond donors (Lipinski definition) is 1. The van der Waals surface area contributed by atoms with Crippen LogP contribution in [0.5, 0.6) is 0 Å². The van der Waals surface area contributed by atoms with Gasteiger partial charge in [0.05, 0.1) is 11.4 Å². The smallest absolute Gasteiger partial charge is 0.305 e. The van der Waals surface area contributed by atoms with Crippen molar-refractivity contribution in [2.75, 3.05) is 0 Å². The number of aryl methyl sites for hydroxylation is 1. The highest BCUT2D eigenvalue weighted by Crippen LogP contribution is 2.22. The largest absolute Gasteiger partial charge is 0.330 e. The minimum atomic E-state index is -0.187. The molecule has 0 saturated heterocycles. The van der Waals surface area contributed by atoms with Gasteiger partial charge in [0.2, 0.25) is 0 Å². The zero-order chi connectivity index (χ0) is 15.0. The molecule has 0 aliphatic carbocycles. The monoisotopic (exact) mass is 362 g/mol. The van der Waals surface area contributed by atoms with Crippen LogP contribution in [0, 0.1) is 6.92 Å². The van der Waals surface area contributed by atoms with E-state index in [0.29, 0.717) is 5.02 Å².